The summed E-state index contributed by atoms with van der Waals surface area (Å²) in [5.41, 5.74) is 0.0590. The molecule has 2 aliphatic rings. The highest BCUT2D eigenvalue weighted by molar-refractivity contribution is 7.10. The Bertz CT molecular complexity index is 431. The summed E-state index contributed by atoms with van der Waals surface area (Å²) in [5.74, 6) is 1.17. The van der Waals surface area contributed by atoms with Crippen molar-refractivity contribution in [1.82, 2.24) is 0 Å². The summed E-state index contributed by atoms with van der Waals surface area (Å²) in [6.45, 7) is 0.796. The van der Waals surface area contributed by atoms with Crippen molar-refractivity contribution in [3.05, 3.63) is 16.3 Å². The van der Waals surface area contributed by atoms with Crippen LogP contribution < -0.4 is 4.74 Å². The summed E-state index contributed by atoms with van der Waals surface area (Å²) < 4.78 is 11.3. The smallest absolute Gasteiger partial charge is 0.129 e. The monoisotopic (exact) mass is 296 g/mol. The van der Waals surface area contributed by atoms with Gasteiger partial charge >= 0.3 is 0 Å². The molecule has 2 heterocycles. The van der Waals surface area contributed by atoms with Crippen molar-refractivity contribution in [1.29, 1.82) is 0 Å². The minimum atomic E-state index is -0.369. The average Bonchev–Trinajstić information content (AvgIpc) is 2.96. The molecule has 0 aromatic carbocycles. The molecule has 20 heavy (non-hydrogen) atoms. The normalized spacial score (nSPS) is 27.4. The molecule has 0 amide bonds. The molecule has 1 saturated carbocycles. The van der Waals surface area contributed by atoms with Crippen molar-refractivity contribution < 1.29 is 14.6 Å². The van der Waals surface area contributed by atoms with E-state index < -0.39 is 0 Å². The van der Waals surface area contributed by atoms with E-state index in [1.54, 1.807) is 18.4 Å². The maximum Gasteiger partial charge on any atom is 0.129 e. The van der Waals surface area contributed by atoms with Crippen molar-refractivity contribution in [3.63, 3.8) is 0 Å². The molecule has 0 bridgehead atoms. The van der Waals surface area contributed by atoms with Gasteiger partial charge < -0.3 is 14.6 Å². The fourth-order valence-electron chi connectivity index (χ4n) is 3.71. The molecule has 1 aliphatic heterocycles. The van der Waals surface area contributed by atoms with Gasteiger partial charge in [-0.2, -0.15) is 0 Å². The molecular weight excluding hydrogens is 272 g/mol. The lowest BCUT2D eigenvalue weighted by Gasteiger charge is -2.44. The minimum absolute atomic E-state index is 0.0590. The molecule has 112 valence electrons. The Balaban J connectivity index is 1.69. The van der Waals surface area contributed by atoms with E-state index in [-0.39, 0.29) is 11.7 Å². The molecule has 1 aliphatic carbocycles. The maximum absolute atomic E-state index is 10.7. The first-order valence-corrected chi connectivity index (χ1v) is 8.55. The molecule has 2 atom stereocenters. The predicted molar refractivity (Wildman–Crippen MR) is 80.3 cm³/mol. The number of hydrogen-bond acceptors (Lipinski definition) is 4. The molecule has 1 N–H and O–H groups in total. The fraction of sp³-hybridized carbons (Fsp3) is 0.750. The Hall–Kier alpha value is -0.580. The van der Waals surface area contributed by atoms with Crippen LogP contribution in [-0.4, -0.2) is 24.4 Å². The van der Waals surface area contributed by atoms with Crippen LogP contribution in [0.25, 0.3) is 0 Å². The van der Waals surface area contributed by atoms with E-state index in [0.717, 1.165) is 30.1 Å². The number of ether oxygens (including phenoxy) is 2. The number of hydrogen-bond donors (Lipinski definition) is 1. The largest absolute Gasteiger partial charge is 0.496 e. The SMILES string of the molecule is COc1csc(C(O)C2CCOC3(CCCCC3)C2)c1. The van der Waals surface area contributed by atoms with Crippen LogP contribution in [0.2, 0.25) is 0 Å². The van der Waals surface area contributed by atoms with Gasteiger partial charge in [-0.05, 0) is 37.7 Å². The van der Waals surface area contributed by atoms with Gasteiger partial charge in [-0.25, -0.2) is 0 Å². The Morgan fingerprint density at radius 2 is 2.20 bits per heavy atom. The molecule has 1 saturated heterocycles. The van der Waals surface area contributed by atoms with E-state index in [1.807, 2.05) is 11.4 Å². The third kappa shape index (κ3) is 2.87. The van der Waals surface area contributed by atoms with Crippen LogP contribution in [0.5, 0.6) is 5.75 Å². The molecule has 1 aromatic rings. The summed E-state index contributed by atoms with van der Waals surface area (Å²) in [5, 5.41) is 12.6. The molecule has 3 nitrogen and oxygen atoms in total. The zero-order valence-corrected chi connectivity index (χ0v) is 13.0. The van der Waals surface area contributed by atoms with Gasteiger partial charge in [0.25, 0.3) is 0 Å². The highest BCUT2D eigenvalue weighted by atomic mass is 32.1. The summed E-state index contributed by atoms with van der Waals surface area (Å²) in [7, 11) is 1.67. The number of aliphatic hydroxyl groups excluding tert-OH is 1. The third-order valence-corrected chi connectivity index (χ3v) is 5.85. The first-order chi connectivity index (χ1) is 9.72. The lowest BCUT2D eigenvalue weighted by atomic mass is 9.74. The van der Waals surface area contributed by atoms with Gasteiger partial charge in [-0.3, -0.25) is 0 Å². The number of aliphatic hydroxyl groups is 1. The maximum atomic E-state index is 10.7. The topological polar surface area (TPSA) is 38.7 Å². The van der Waals surface area contributed by atoms with E-state index in [9.17, 15) is 5.11 Å². The fourth-order valence-corrected chi connectivity index (χ4v) is 4.64. The molecule has 2 unspecified atom stereocenters. The zero-order valence-electron chi connectivity index (χ0n) is 12.1. The highest BCUT2D eigenvalue weighted by Gasteiger charge is 2.41. The molecular formula is C16H24O3S. The second-order valence-corrected chi connectivity index (χ2v) is 7.12. The van der Waals surface area contributed by atoms with Crippen molar-refractivity contribution in [2.75, 3.05) is 13.7 Å². The van der Waals surface area contributed by atoms with E-state index in [2.05, 4.69) is 0 Å². The van der Waals surface area contributed by atoms with Crippen molar-refractivity contribution in [3.8, 4) is 5.75 Å². The summed E-state index contributed by atoms with van der Waals surface area (Å²) in [4.78, 5) is 1.03. The van der Waals surface area contributed by atoms with Crippen LogP contribution in [0.4, 0.5) is 0 Å². The lowest BCUT2D eigenvalue weighted by Crippen LogP contribution is -2.42. The van der Waals surface area contributed by atoms with Crippen molar-refractivity contribution >= 4 is 11.3 Å². The second-order valence-electron chi connectivity index (χ2n) is 6.18. The predicted octanol–water partition coefficient (Wildman–Crippen LogP) is 3.92. The van der Waals surface area contributed by atoms with Gasteiger partial charge in [0.2, 0.25) is 0 Å². The van der Waals surface area contributed by atoms with Gasteiger partial charge in [-0.1, -0.05) is 19.3 Å². The molecule has 4 heteroatoms. The van der Waals surface area contributed by atoms with Crippen LogP contribution in [0.1, 0.15) is 55.9 Å². The lowest BCUT2D eigenvalue weighted by molar-refractivity contribution is -0.133. The molecule has 0 radical (unpaired) electrons. The van der Waals surface area contributed by atoms with Crippen molar-refractivity contribution in [2.24, 2.45) is 5.92 Å². The Morgan fingerprint density at radius 1 is 1.40 bits per heavy atom. The minimum Gasteiger partial charge on any atom is -0.496 e. The molecule has 2 fully saturated rings. The van der Waals surface area contributed by atoms with Crippen LogP contribution in [0, 0.1) is 5.92 Å². The summed E-state index contributed by atoms with van der Waals surface area (Å²) in [6, 6.07) is 1.97. The standard InChI is InChI=1S/C16H24O3S/c1-18-13-9-14(20-11-13)15(17)12-5-8-19-16(10-12)6-3-2-4-7-16/h9,11-12,15,17H,2-8,10H2,1H3. The van der Waals surface area contributed by atoms with Crippen molar-refractivity contribution in [2.45, 2.75) is 56.7 Å². The quantitative estimate of drug-likeness (QED) is 0.919. The number of methoxy groups -OCH3 is 1. The van der Waals surface area contributed by atoms with Crippen LogP contribution >= 0.6 is 11.3 Å². The molecule has 3 rings (SSSR count). The number of rotatable bonds is 3. The molecule has 1 aromatic heterocycles. The zero-order chi connectivity index (χ0) is 14.0. The number of thiophene rings is 1. The van der Waals surface area contributed by atoms with Gasteiger partial charge in [0.1, 0.15) is 5.75 Å². The molecule has 1 spiro atoms. The highest BCUT2D eigenvalue weighted by Crippen LogP contribution is 2.45. The summed E-state index contributed by atoms with van der Waals surface area (Å²) >= 11 is 1.60. The van der Waals surface area contributed by atoms with Gasteiger partial charge in [0.05, 0.1) is 18.8 Å². The van der Waals surface area contributed by atoms with E-state index >= 15 is 0 Å². The van der Waals surface area contributed by atoms with E-state index in [1.165, 1.54) is 32.1 Å². The van der Waals surface area contributed by atoms with E-state index in [0.29, 0.717) is 5.92 Å². The van der Waals surface area contributed by atoms with Gasteiger partial charge in [0.15, 0.2) is 0 Å². The Labute approximate surface area is 124 Å². The average molecular weight is 296 g/mol. The second kappa shape index (κ2) is 6.04. The van der Waals surface area contributed by atoms with E-state index in [4.69, 9.17) is 9.47 Å². The van der Waals surface area contributed by atoms with Gasteiger partial charge in [0, 0.05) is 16.9 Å². The third-order valence-electron chi connectivity index (χ3n) is 4.87. The first kappa shape index (κ1) is 14.4. The Kier molecular flexibility index (Phi) is 4.34. The van der Waals surface area contributed by atoms with Gasteiger partial charge in [-0.15, -0.1) is 11.3 Å². The van der Waals surface area contributed by atoms with Crippen LogP contribution in [-0.2, 0) is 4.74 Å². The first-order valence-electron chi connectivity index (χ1n) is 7.67. The summed E-state index contributed by atoms with van der Waals surface area (Å²) in [6.07, 6.45) is 7.82. The van der Waals surface area contributed by atoms with Crippen LogP contribution in [0.15, 0.2) is 11.4 Å². The van der Waals surface area contributed by atoms with Crippen LogP contribution in [0.3, 0.4) is 0 Å². The Morgan fingerprint density at radius 3 is 2.90 bits per heavy atom.